The Kier molecular flexibility index (Phi) is 9.59. The number of carbonyl (C=O) groups is 1. The molecule has 12 heteroatoms. The summed E-state index contributed by atoms with van der Waals surface area (Å²) in [5.41, 5.74) is 6.79. The summed E-state index contributed by atoms with van der Waals surface area (Å²) < 4.78 is 4.50. The molecule has 0 radical (unpaired) electrons. The first-order valence-electron chi connectivity index (χ1n) is 19.8. The van der Waals surface area contributed by atoms with Crippen LogP contribution < -0.4 is 21.7 Å². The number of hydrazone groups is 1. The number of rotatable bonds is 10. The lowest BCUT2D eigenvalue weighted by Gasteiger charge is -2.24. The van der Waals surface area contributed by atoms with Gasteiger partial charge in [-0.1, -0.05) is 97.1 Å². The van der Waals surface area contributed by atoms with Crippen molar-refractivity contribution >= 4 is 17.3 Å². The average Bonchev–Trinajstić information content (AvgIpc) is 3.95. The molecular weight excluding hydrogens is 753 g/mol. The summed E-state index contributed by atoms with van der Waals surface area (Å²) in [4.78, 5) is 58.2. The molecule has 3 N–H and O–H groups in total. The number of aromatic amines is 3. The highest BCUT2D eigenvalue weighted by atomic mass is 16.2. The molecule has 1 aliphatic heterocycles. The number of carbonyl (C=O) groups excluding carboxylic acids is 1. The van der Waals surface area contributed by atoms with Crippen molar-refractivity contribution in [2.75, 3.05) is 5.01 Å². The fourth-order valence-corrected chi connectivity index (χ4v) is 8.62. The van der Waals surface area contributed by atoms with E-state index in [1.54, 1.807) is 0 Å². The monoisotopic (exact) mass is 794 g/mol. The van der Waals surface area contributed by atoms with Gasteiger partial charge in [0.2, 0.25) is 0 Å². The average molecular weight is 795 g/mol. The second-order valence-corrected chi connectivity index (χ2v) is 15.2. The van der Waals surface area contributed by atoms with Gasteiger partial charge in [-0.2, -0.15) is 5.10 Å². The Morgan fingerprint density at radius 1 is 0.450 bits per heavy atom. The molecule has 0 bridgehead atoms. The molecule has 0 aliphatic carbocycles. The molecule has 4 heterocycles. The van der Waals surface area contributed by atoms with Crippen LogP contribution in [-0.2, 0) is 4.79 Å². The van der Waals surface area contributed by atoms with E-state index in [9.17, 15) is 19.2 Å². The van der Waals surface area contributed by atoms with Gasteiger partial charge in [-0.05, 0) is 87.4 Å². The van der Waals surface area contributed by atoms with Crippen molar-refractivity contribution in [2.45, 2.75) is 39.5 Å². The van der Waals surface area contributed by atoms with Gasteiger partial charge in [0.05, 0.1) is 39.8 Å². The molecule has 5 aromatic carbocycles. The summed E-state index contributed by atoms with van der Waals surface area (Å²) in [5, 5.41) is 15.9. The summed E-state index contributed by atoms with van der Waals surface area (Å²) in [5.74, 6) is -2.61. The Labute approximate surface area is 344 Å². The smallest absolute Gasteiger partial charge is 0.275 e. The number of para-hydroxylation sites is 4. The third kappa shape index (κ3) is 6.38. The van der Waals surface area contributed by atoms with Crippen molar-refractivity contribution in [1.82, 2.24) is 29.3 Å². The third-order valence-corrected chi connectivity index (χ3v) is 11.4. The molecule has 1 amide bonds. The second-order valence-electron chi connectivity index (χ2n) is 15.2. The second kappa shape index (κ2) is 15.2. The number of amides is 1. The van der Waals surface area contributed by atoms with E-state index in [1.165, 1.54) is 19.1 Å². The topological polar surface area (TPSA) is 146 Å². The van der Waals surface area contributed by atoms with Crippen LogP contribution in [-0.4, -0.2) is 41.0 Å². The van der Waals surface area contributed by atoms with Gasteiger partial charge >= 0.3 is 0 Å². The standard InChI is InChI=1S/C48H42N8O4/c1-29-39(45(57)53(49-29)35-17-9-5-10-18-35)43(40-30(2)50-54(46(40)58)36-19-11-6-12-20-36)33-25-27-34(28-26-33)44(41-31(3)51-55(47(41)59)37-21-13-7-14-22-37)42-32(4)52-56(48(42)60)38-23-15-8-16-24-38/h5-28,39,43-44,50-52H,1-4H3. The molecule has 0 spiro atoms. The van der Waals surface area contributed by atoms with Gasteiger partial charge in [-0.25, -0.2) is 19.1 Å². The summed E-state index contributed by atoms with van der Waals surface area (Å²) in [7, 11) is 0. The minimum atomic E-state index is -0.812. The van der Waals surface area contributed by atoms with E-state index < -0.39 is 17.8 Å². The molecule has 12 nitrogen and oxygen atoms in total. The van der Waals surface area contributed by atoms with Crippen LogP contribution >= 0.6 is 0 Å². The van der Waals surface area contributed by atoms with Crippen molar-refractivity contribution in [1.29, 1.82) is 0 Å². The first kappa shape index (κ1) is 37.8. The summed E-state index contributed by atoms with van der Waals surface area (Å²) in [6.07, 6.45) is 0. The van der Waals surface area contributed by atoms with Crippen LogP contribution in [0.3, 0.4) is 0 Å². The molecule has 60 heavy (non-hydrogen) atoms. The van der Waals surface area contributed by atoms with Crippen molar-refractivity contribution < 1.29 is 4.79 Å². The number of aryl methyl sites for hydroxylation is 3. The van der Waals surface area contributed by atoms with E-state index in [0.29, 0.717) is 73.4 Å². The SMILES string of the molecule is CC1=NN(c2ccccc2)C(=O)C1C(c1ccc(C(c2c(C)[nH]n(-c3ccccc3)c2=O)c2c(C)[nH]n(-c3ccccc3)c2=O)cc1)c1c(C)[nH]n(-c2ccccc2)c1=O. The molecule has 2 unspecified atom stereocenters. The predicted molar refractivity (Wildman–Crippen MR) is 233 cm³/mol. The van der Waals surface area contributed by atoms with Gasteiger partial charge < -0.3 is 0 Å². The molecule has 0 fully saturated rings. The highest BCUT2D eigenvalue weighted by Gasteiger charge is 2.44. The van der Waals surface area contributed by atoms with Gasteiger partial charge in [0.1, 0.15) is 0 Å². The number of anilines is 1. The molecule has 2 atom stereocenters. The van der Waals surface area contributed by atoms with E-state index in [-0.39, 0.29) is 22.6 Å². The molecular formula is C48H42N8O4. The van der Waals surface area contributed by atoms with Gasteiger partial charge in [-0.15, -0.1) is 0 Å². The van der Waals surface area contributed by atoms with Crippen LogP contribution in [0, 0.1) is 26.7 Å². The lowest BCUT2D eigenvalue weighted by molar-refractivity contribution is -0.120. The number of benzene rings is 5. The highest BCUT2D eigenvalue weighted by molar-refractivity contribution is 6.15. The van der Waals surface area contributed by atoms with Gasteiger partial charge in [0.25, 0.3) is 22.6 Å². The molecule has 8 aromatic rings. The number of nitrogens with one attached hydrogen (secondary N) is 3. The summed E-state index contributed by atoms with van der Waals surface area (Å²) >= 11 is 0. The Bertz CT molecular complexity index is 2970. The van der Waals surface area contributed by atoms with Crippen LogP contribution in [0.5, 0.6) is 0 Å². The van der Waals surface area contributed by atoms with Crippen LogP contribution in [0.25, 0.3) is 17.1 Å². The Balaban J connectivity index is 1.22. The zero-order chi connectivity index (χ0) is 41.7. The van der Waals surface area contributed by atoms with Crippen LogP contribution in [0.15, 0.2) is 165 Å². The van der Waals surface area contributed by atoms with Gasteiger partial charge in [-0.3, -0.25) is 34.5 Å². The van der Waals surface area contributed by atoms with E-state index in [1.807, 2.05) is 173 Å². The lowest BCUT2D eigenvalue weighted by Crippen LogP contribution is -2.34. The normalized spacial score (nSPS) is 14.6. The number of nitrogens with zero attached hydrogens (tertiary/aromatic N) is 5. The van der Waals surface area contributed by atoms with Crippen molar-refractivity contribution in [3.05, 3.63) is 222 Å². The van der Waals surface area contributed by atoms with Crippen LogP contribution in [0.4, 0.5) is 5.69 Å². The zero-order valence-electron chi connectivity index (χ0n) is 33.5. The Morgan fingerprint density at radius 2 is 0.800 bits per heavy atom. The van der Waals surface area contributed by atoms with E-state index in [2.05, 4.69) is 15.3 Å². The first-order valence-corrected chi connectivity index (χ1v) is 19.8. The molecule has 1 aliphatic rings. The third-order valence-electron chi connectivity index (χ3n) is 11.4. The lowest BCUT2D eigenvalue weighted by atomic mass is 9.77. The molecule has 0 saturated carbocycles. The number of aromatic nitrogens is 6. The minimum absolute atomic E-state index is 0.259. The van der Waals surface area contributed by atoms with E-state index in [4.69, 9.17) is 5.10 Å². The fraction of sp³-hybridized carbons (Fsp3) is 0.146. The molecule has 298 valence electrons. The van der Waals surface area contributed by atoms with Crippen molar-refractivity contribution in [3.8, 4) is 17.1 Å². The maximum Gasteiger partial charge on any atom is 0.275 e. The minimum Gasteiger partial charge on any atom is -0.295 e. The number of H-pyrrole nitrogens is 3. The highest BCUT2D eigenvalue weighted by Crippen LogP contribution is 2.40. The molecule has 9 rings (SSSR count). The van der Waals surface area contributed by atoms with Crippen molar-refractivity contribution in [2.24, 2.45) is 11.0 Å². The fourth-order valence-electron chi connectivity index (χ4n) is 8.62. The predicted octanol–water partition coefficient (Wildman–Crippen LogP) is 7.40. The summed E-state index contributed by atoms with van der Waals surface area (Å²) in [6, 6.07) is 44.7. The largest absolute Gasteiger partial charge is 0.295 e. The van der Waals surface area contributed by atoms with Crippen LogP contribution in [0.2, 0.25) is 0 Å². The zero-order valence-corrected chi connectivity index (χ0v) is 33.5. The van der Waals surface area contributed by atoms with E-state index in [0.717, 1.165) is 0 Å². The quantitative estimate of drug-likeness (QED) is 0.133. The maximum absolute atomic E-state index is 14.5. The van der Waals surface area contributed by atoms with Gasteiger partial charge in [0, 0.05) is 40.2 Å². The molecule has 3 aromatic heterocycles. The molecule has 0 saturated heterocycles. The van der Waals surface area contributed by atoms with Gasteiger partial charge in [0.15, 0.2) is 0 Å². The maximum atomic E-state index is 14.5. The van der Waals surface area contributed by atoms with Crippen LogP contribution in [0.1, 0.15) is 63.7 Å². The Morgan fingerprint density at radius 3 is 1.22 bits per heavy atom. The van der Waals surface area contributed by atoms with E-state index >= 15 is 0 Å². The summed E-state index contributed by atoms with van der Waals surface area (Å²) in [6.45, 7) is 7.33. The Hall–Kier alpha value is -7.73. The number of hydrogen-bond donors (Lipinski definition) is 3. The van der Waals surface area contributed by atoms with Crippen molar-refractivity contribution in [3.63, 3.8) is 0 Å². The number of hydrogen-bond acceptors (Lipinski definition) is 5. The first-order chi connectivity index (χ1) is 29.1.